The quantitative estimate of drug-likeness (QED) is 0.670. The number of carbonyl (C=O) groups excluding carboxylic acids is 1. The van der Waals surface area contributed by atoms with E-state index in [1.54, 1.807) is 7.11 Å². The molecule has 7 heteroatoms. The van der Waals surface area contributed by atoms with Crippen LogP contribution in [0.15, 0.2) is 48.5 Å². The zero-order chi connectivity index (χ0) is 19.2. The van der Waals surface area contributed by atoms with Crippen molar-refractivity contribution in [1.29, 1.82) is 0 Å². The van der Waals surface area contributed by atoms with Crippen molar-refractivity contribution in [2.24, 2.45) is 0 Å². The van der Waals surface area contributed by atoms with Crippen LogP contribution >= 0.6 is 0 Å². The highest BCUT2D eigenvalue weighted by atomic mass is 16.5. The molecule has 3 aromatic rings. The molecule has 0 fully saturated rings. The van der Waals surface area contributed by atoms with Crippen molar-refractivity contribution in [3.63, 3.8) is 0 Å². The van der Waals surface area contributed by atoms with Crippen LogP contribution in [0.25, 0.3) is 0 Å². The first-order valence-electron chi connectivity index (χ1n) is 8.84. The Morgan fingerprint density at radius 3 is 2.37 bits per heavy atom. The first-order chi connectivity index (χ1) is 13.1. The van der Waals surface area contributed by atoms with E-state index in [1.165, 1.54) is 5.56 Å². The van der Waals surface area contributed by atoms with Crippen molar-refractivity contribution in [2.45, 2.75) is 32.1 Å². The lowest BCUT2D eigenvalue weighted by Crippen LogP contribution is -2.24. The van der Waals surface area contributed by atoms with E-state index in [1.807, 2.05) is 48.5 Å². The number of anilines is 1. The molecular weight excluding hydrogens is 342 g/mol. The summed E-state index contributed by atoms with van der Waals surface area (Å²) in [7, 11) is 1.62. The van der Waals surface area contributed by atoms with E-state index in [-0.39, 0.29) is 5.91 Å². The Hall–Kier alpha value is -3.22. The Balaban J connectivity index is 1.76. The Bertz CT molecular complexity index is 858. The average Bonchev–Trinajstić information content (AvgIpc) is 3.21. The Morgan fingerprint density at radius 1 is 1.11 bits per heavy atom. The second kappa shape index (κ2) is 8.44. The molecule has 1 amide bonds. The molecule has 7 nitrogen and oxygen atoms in total. The van der Waals surface area contributed by atoms with Gasteiger partial charge in [-0.25, -0.2) is 0 Å². The van der Waals surface area contributed by atoms with Gasteiger partial charge in [0.15, 0.2) is 5.82 Å². The number of hydrogen-bond donors (Lipinski definition) is 2. The van der Waals surface area contributed by atoms with E-state index < -0.39 is 5.92 Å². The van der Waals surface area contributed by atoms with Gasteiger partial charge in [0.25, 0.3) is 0 Å². The highest BCUT2D eigenvalue weighted by Gasteiger charge is 2.25. The number of carbonyl (C=O) groups is 1. The van der Waals surface area contributed by atoms with Gasteiger partial charge in [-0.2, -0.15) is 5.21 Å². The zero-order valence-corrected chi connectivity index (χ0v) is 15.6. The van der Waals surface area contributed by atoms with Crippen LogP contribution in [0.1, 0.15) is 42.6 Å². The molecule has 0 aliphatic carbocycles. The molecule has 0 spiro atoms. The SMILES string of the molecule is COc1ccc(C[C@H](C(=O)Nc2ccc(C(C)C)cc2)c2nn[nH]n2)cc1. The molecule has 2 N–H and O–H groups in total. The lowest BCUT2D eigenvalue weighted by Gasteiger charge is -2.15. The molecule has 2 aromatic carbocycles. The van der Waals surface area contributed by atoms with Gasteiger partial charge in [-0.05, 0) is 47.7 Å². The molecule has 0 aliphatic rings. The molecular formula is C20H23N5O2. The number of aromatic nitrogens is 4. The molecule has 1 aromatic heterocycles. The van der Waals surface area contributed by atoms with Gasteiger partial charge in [0.1, 0.15) is 11.7 Å². The minimum atomic E-state index is -0.554. The molecule has 3 rings (SSSR count). The van der Waals surface area contributed by atoms with Crippen molar-refractivity contribution in [2.75, 3.05) is 12.4 Å². The van der Waals surface area contributed by atoms with Crippen molar-refractivity contribution >= 4 is 11.6 Å². The number of aromatic amines is 1. The predicted octanol–water partition coefficient (Wildman–Crippen LogP) is 3.30. The summed E-state index contributed by atoms with van der Waals surface area (Å²) in [4.78, 5) is 12.9. The van der Waals surface area contributed by atoms with Crippen molar-refractivity contribution in [1.82, 2.24) is 20.6 Å². The maximum atomic E-state index is 12.9. The molecule has 1 atom stereocenters. The standard InChI is InChI=1S/C20H23N5O2/c1-13(2)15-6-8-16(9-7-15)21-20(26)18(19-22-24-25-23-19)12-14-4-10-17(27-3)11-5-14/h4-11,13,18H,12H2,1-3H3,(H,21,26)(H,22,23,24,25)/t18-/m0/s1. The van der Waals surface area contributed by atoms with E-state index in [9.17, 15) is 4.79 Å². The zero-order valence-electron chi connectivity index (χ0n) is 15.6. The van der Waals surface area contributed by atoms with Gasteiger partial charge in [0.2, 0.25) is 5.91 Å². The lowest BCUT2D eigenvalue weighted by molar-refractivity contribution is -0.117. The third-order valence-corrected chi connectivity index (χ3v) is 4.43. The fourth-order valence-electron chi connectivity index (χ4n) is 2.80. The molecule has 1 heterocycles. The highest BCUT2D eigenvalue weighted by Crippen LogP contribution is 2.23. The minimum Gasteiger partial charge on any atom is -0.497 e. The maximum Gasteiger partial charge on any atom is 0.235 e. The molecule has 0 saturated heterocycles. The number of methoxy groups -OCH3 is 1. The van der Waals surface area contributed by atoms with Gasteiger partial charge >= 0.3 is 0 Å². The normalized spacial score (nSPS) is 12.0. The molecule has 27 heavy (non-hydrogen) atoms. The van der Waals surface area contributed by atoms with Crippen molar-refractivity contribution < 1.29 is 9.53 Å². The molecule has 140 valence electrons. The number of hydrogen-bond acceptors (Lipinski definition) is 5. The minimum absolute atomic E-state index is 0.176. The fraction of sp³-hybridized carbons (Fsp3) is 0.300. The van der Waals surface area contributed by atoms with Crippen molar-refractivity contribution in [3.05, 3.63) is 65.5 Å². The van der Waals surface area contributed by atoms with E-state index in [0.29, 0.717) is 18.2 Å². The number of rotatable bonds is 7. The summed E-state index contributed by atoms with van der Waals surface area (Å²) in [5.41, 5.74) is 2.95. The van der Waals surface area contributed by atoms with E-state index >= 15 is 0 Å². The first kappa shape index (κ1) is 18.6. The average molecular weight is 365 g/mol. The molecule has 0 saturated carbocycles. The van der Waals surface area contributed by atoms with Crippen LogP contribution in [0.4, 0.5) is 5.69 Å². The summed E-state index contributed by atoms with van der Waals surface area (Å²) in [6, 6.07) is 15.4. The van der Waals surface area contributed by atoms with Gasteiger partial charge in [0, 0.05) is 5.69 Å². The third-order valence-electron chi connectivity index (χ3n) is 4.43. The second-order valence-corrected chi connectivity index (χ2v) is 6.64. The van der Waals surface area contributed by atoms with E-state index in [4.69, 9.17) is 4.74 Å². The number of ether oxygens (including phenoxy) is 1. The van der Waals surface area contributed by atoms with Gasteiger partial charge in [0.05, 0.1) is 7.11 Å². The summed E-state index contributed by atoms with van der Waals surface area (Å²) in [6.07, 6.45) is 0.458. The summed E-state index contributed by atoms with van der Waals surface area (Å²) < 4.78 is 5.18. The molecule has 0 radical (unpaired) electrons. The van der Waals surface area contributed by atoms with Gasteiger partial charge in [-0.3, -0.25) is 4.79 Å². The van der Waals surface area contributed by atoms with Crippen LogP contribution in [-0.4, -0.2) is 33.6 Å². The van der Waals surface area contributed by atoms with Gasteiger partial charge < -0.3 is 10.1 Å². The van der Waals surface area contributed by atoms with E-state index in [2.05, 4.69) is 39.8 Å². The molecule has 0 unspecified atom stereocenters. The molecule has 0 aliphatic heterocycles. The first-order valence-corrected chi connectivity index (χ1v) is 8.84. The monoisotopic (exact) mass is 365 g/mol. The van der Waals surface area contributed by atoms with Crippen LogP contribution in [0.3, 0.4) is 0 Å². The van der Waals surface area contributed by atoms with Crippen LogP contribution in [0.5, 0.6) is 5.75 Å². The van der Waals surface area contributed by atoms with Gasteiger partial charge in [-0.15, -0.1) is 10.2 Å². The second-order valence-electron chi connectivity index (χ2n) is 6.64. The largest absolute Gasteiger partial charge is 0.497 e. The summed E-state index contributed by atoms with van der Waals surface area (Å²) >= 11 is 0. The predicted molar refractivity (Wildman–Crippen MR) is 103 cm³/mol. The fourth-order valence-corrected chi connectivity index (χ4v) is 2.80. The van der Waals surface area contributed by atoms with Crippen LogP contribution in [0.2, 0.25) is 0 Å². The van der Waals surface area contributed by atoms with Crippen LogP contribution in [0, 0.1) is 0 Å². The summed E-state index contributed by atoms with van der Waals surface area (Å²) in [6.45, 7) is 4.27. The maximum absolute atomic E-state index is 12.9. The third kappa shape index (κ3) is 4.69. The number of H-pyrrole nitrogens is 1. The number of benzene rings is 2. The number of nitrogens with zero attached hydrogens (tertiary/aromatic N) is 3. The topological polar surface area (TPSA) is 92.8 Å². The number of amides is 1. The Morgan fingerprint density at radius 2 is 1.81 bits per heavy atom. The van der Waals surface area contributed by atoms with E-state index in [0.717, 1.165) is 17.0 Å². The number of tetrazole rings is 1. The Kier molecular flexibility index (Phi) is 5.80. The number of nitrogens with one attached hydrogen (secondary N) is 2. The summed E-state index contributed by atoms with van der Waals surface area (Å²) in [5.74, 6) is 0.843. The molecule has 0 bridgehead atoms. The Labute approximate surface area is 158 Å². The highest BCUT2D eigenvalue weighted by molar-refractivity contribution is 5.95. The van der Waals surface area contributed by atoms with Crippen molar-refractivity contribution in [3.8, 4) is 5.75 Å². The summed E-state index contributed by atoms with van der Waals surface area (Å²) in [5, 5.41) is 17.0. The van der Waals surface area contributed by atoms with Crippen LogP contribution < -0.4 is 10.1 Å². The lowest BCUT2D eigenvalue weighted by atomic mass is 9.97. The van der Waals surface area contributed by atoms with Crippen LogP contribution in [-0.2, 0) is 11.2 Å². The smallest absolute Gasteiger partial charge is 0.235 e. The van der Waals surface area contributed by atoms with Gasteiger partial charge in [-0.1, -0.05) is 43.3 Å².